The van der Waals surface area contributed by atoms with Gasteiger partial charge in [0.1, 0.15) is 5.69 Å². The number of piperidine rings is 1. The highest BCUT2D eigenvalue weighted by atomic mass is 16.5. The van der Waals surface area contributed by atoms with E-state index in [0.717, 1.165) is 48.5 Å². The number of rotatable bonds is 9. The normalized spacial score (nSPS) is 16.8. The van der Waals surface area contributed by atoms with Gasteiger partial charge in [0.05, 0.1) is 12.1 Å². The molecule has 1 aliphatic heterocycles. The summed E-state index contributed by atoms with van der Waals surface area (Å²) < 4.78 is 11.1. The molecule has 0 bridgehead atoms. The number of carbonyl (C=O) groups is 1. The molecule has 0 saturated carbocycles. The number of anilines is 1. The fraction of sp³-hybridized carbons (Fsp3) is 0.565. The third-order valence-electron chi connectivity index (χ3n) is 5.66. The molecule has 1 aromatic heterocycles. The van der Waals surface area contributed by atoms with E-state index in [1.807, 2.05) is 42.2 Å². The Bertz CT molecular complexity index is 775. The van der Waals surface area contributed by atoms with E-state index in [2.05, 4.69) is 17.0 Å². The third kappa shape index (κ3) is 5.18. The molecule has 2 heterocycles. The van der Waals surface area contributed by atoms with Gasteiger partial charge in [-0.25, -0.2) is 0 Å². The lowest BCUT2D eigenvalue weighted by atomic mass is 10.0. The standard InChI is InChI=1S/C23H33N3O3/c1-4-21(27)25(14-10-16-28-3)17-20-22(19-12-6-5-7-13-19)24-29-23(20)26-15-9-8-11-18(26)2/h5-7,12-13,18H,4,8-11,14-17H2,1-3H3. The largest absolute Gasteiger partial charge is 0.385 e. The van der Waals surface area contributed by atoms with Crippen molar-refractivity contribution in [3.63, 3.8) is 0 Å². The van der Waals surface area contributed by atoms with Crippen LogP contribution in [0.1, 0.15) is 51.5 Å². The first kappa shape index (κ1) is 21.4. The van der Waals surface area contributed by atoms with Gasteiger partial charge in [0.2, 0.25) is 11.8 Å². The maximum atomic E-state index is 12.7. The molecular formula is C23H33N3O3. The number of hydrogen-bond acceptors (Lipinski definition) is 5. The van der Waals surface area contributed by atoms with Crippen LogP contribution in [0, 0.1) is 0 Å². The van der Waals surface area contributed by atoms with Crippen molar-refractivity contribution in [2.75, 3.05) is 31.7 Å². The Morgan fingerprint density at radius 3 is 2.79 bits per heavy atom. The Hall–Kier alpha value is -2.34. The van der Waals surface area contributed by atoms with Crippen LogP contribution in [0.15, 0.2) is 34.9 Å². The molecular weight excluding hydrogens is 366 g/mol. The second-order valence-corrected chi connectivity index (χ2v) is 7.73. The van der Waals surface area contributed by atoms with Crippen molar-refractivity contribution in [3.05, 3.63) is 35.9 Å². The van der Waals surface area contributed by atoms with Gasteiger partial charge in [0, 0.05) is 44.8 Å². The zero-order valence-electron chi connectivity index (χ0n) is 17.9. The van der Waals surface area contributed by atoms with Crippen molar-refractivity contribution < 1.29 is 14.1 Å². The molecule has 2 aromatic rings. The fourth-order valence-corrected chi connectivity index (χ4v) is 4.00. The Morgan fingerprint density at radius 2 is 2.10 bits per heavy atom. The summed E-state index contributed by atoms with van der Waals surface area (Å²) in [5, 5.41) is 4.45. The van der Waals surface area contributed by atoms with Crippen molar-refractivity contribution in [1.82, 2.24) is 10.1 Å². The summed E-state index contributed by atoms with van der Waals surface area (Å²) in [6, 6.07) is 10.5. The number of ether oxygens (including phenoxy) is 1. The SMILES string of the molecule is CCC(=O)N(CCCOC)Cc1c(-c2ccccc2)noc1N1CCCCC1C. The molecule has 0 N–H and O–H groups in total. The topological polar surface area (TPSA) is 58.8 Å². The van der Waals surface area contributed by atoms with Crippen LogP contribution in [0.3, 0.4) is 0 Å². The van der Waals surface area contributed by atoms with E-state index in [0.29, 0.717) is 32.2 Å². The monoisotopic (exact) mass is 399 g/mol. The highest BCUT2D eigenvalue weighted by Crippen LogP contribution is 2.35. The van der Waals surface area contributed by atoms with Gasteiger partial charge in [-0.1, -0.05) is 42.4 Å². The smallest absolute Gasteiger partial charge is 0.233 e. The minimum atomic E-state index is 0.138. The molecule has 0 radical (unpaired) electrons. The maximum absolute atomic E-state index is 12.7. The van der Waals surface area contributed by atoms with Crippen molar-refractivity contribution in [2.45, 2.75) is 58.5 Å². The molecule has 158 valence electrons. The van der Waals surface area contributed by atoms with E-state index in [9.17, 15) is 4.79 Å². The van der Waals surface area contributed by atoms with Crippen LogP contribution in [-0.2, 0) is 16.1 Å². The molecule has 6 heteroatoms. The second kappa shape index (κ2) is 10.4. The van der Waals surface area contributed by atoms with Gasteiger partial charge < -0.3 is 19.1 Å². The van der Waals surface area contributed by atoms with Crippen LogP contribution in [0.2, 0.25) is 0 Å². The Morgan fingerprint density at radius 1 is 1.31 bits per heavy atom. The van der Waals surface area contributed by atoms with Crippen molar-refractivity contribution in [1.29, 1.82) is 0 Å². The highest BCUT2D eigenvalue weighted by molar-refractivity contribution is 5.77. The molecule has 6 nitrogen and oxygen atoms in total. The molecule has 1 aliphatic rings. The van der Waals surface area contributed by atoms with E-state index < -0.39 is 0 Å². The number of hydrogen-bond donors (Lipinski definition) is 0. The number of benzene rings is 1. The van der Waals surface area contributed by atoms with Gasteiger partial charge in [0.15, 0.2) is 0 Å². The molecule has 0 spiro atoms. The lowest BCUT2D eigenvalue weighted by molar-refractivity contribution is -0.131. The number of amides is 1. The number of nitrogens with zero attached hydrogens (tertiary/aromatic N) is 3. The van der Waals surface area contributed by atoms with Crippen LogP contribution in [0.4, 0.5) is 5.88 Å². The highest BCUT2D eigenvalue weighted by Gasteiger charge is 2.29. The van der Waals surface area contributed by atoms with E-state index in [4.69, 9.17) is 9.26 Å². The quantitative estimate of drug-likeness (QED) is 0.581. The van der Waals surface area contributed by atoms with Gasteiger partial charge in [-0.3, -0.25) is 4.79 Å². The average Bonchev–Trinajstić information content (AvgIpc) is 3.17. The van der Waals surface area contributed by atoms with E-state index in [1.54, 1.807) is 7.11 Å². The number of methoxy groups -OCH3 is 1. The number of carbonyl (C=O) groups excluding carboxylic acids is 1. The summed E-state index contributed by atoms with van der Waals surface area (Å²) in [7, 11) is 1.69. The van der Waals surface area contributed by atoms with E-state index in [-0.39, 0.29) is 5.91 Å². The van der Waals surface area contributed by atoms with Crippen molar-refractivity contribution >= 4 is 11.8 Å². The van der Waals surface area contributed by atoms with Crippen LogP contribution in [0.25, 0.3) is 11.3 Å². The summed E-state index contributed by atoms with van der Waals surface area (Å²) in [6.07, 6.45) is 4.82. The van der Waals surface area contributed by atoms with Crippen LogP contribution < -0.4 is 4.90 Å². The van der Waals surface area contributed by atoms with Gasteiger partial charge in [-0.05, 0) is 32.6 Å². The number of aromatic nitrogens is 1. The average molecular weight is 400 g/mol. The molecule has 29 heavy (non-hydrogen) atoms. The predicted octanol–water partition coefficient (Wildman–Crippen LogP) is 4.50. The van der Waals surface area contributed by atoms with Gasteiger partial charge in [-0.2, -0.15) is 0 Å². The van der Waals surface area contributed by atoms with Crippen molar-refractivity contribution in [3.8, 4) is 11.3 Å². The molecule has 0 aliphatic carbocycles. The summed E-state index contributed by atoms with van der Waals surface area (Å²) in [5.74, 6) is 0.954. The zero-order valence-corrected chi connectivity index (χ0v) is 17.9. The minimum Gasteiger partial charge on any atom is -0.385 e. The third-order valence-corrected chi connectivity index (χ3v) is 5.66. The summed E-state index contributed by atoms with van der Waals surface area (Å²) >= 11 is 0. The van der Waals surface area contributed by atoms with Gasteiger partial charge >= 0.3 is 0 Å². The lowest BCUT2D eigenvalue weighted by Crippen LogP contribution is -2.38. The minimum absolute atomic E-state index is 0.138. The fourth-order valence-electron chi connectivity index (χ4n) is 4.00. The summed E-state index contributed by atoms with van der Waals surface area (Å²) in [6.45, 7) is 6.91. The first-order chi connectivity index (χ1) is 14.2. The van der Waals surface area contributed by atoms with Crippen LogP contribution >= 0.6 is 0 Å². The zero-order chi connectivity index (χ0) is 20.6. The maximum Gasteiger partial charge on any atom is 0.233 e. The molecule has 1 atom stereocenters. The molecule has 1 amide bonds. The van der Waals surface area contributed by atoms with Crippen molar-refractivity contribution in [2.24, 2.45) is 0 Å². The molecule has 1 saturated heterocycles. The molecule has 1 aromatic carbocycles. The Kier molecular flexibility index (Phi) is 7.69. The first-order valence-corrected chi connectivity index (χ1v) is 10.7. The second-order valence-electron chi connectivity index (χ2n) is 7.73. The van der Waals surface area contributed by atoms with Gasteiger partial charge in [-0.15, -0.1) is 0 Å². The molecule has 1 unspecified atom stereocenters. The molecule has 3 rings (SSSR count). The summed E-state index contributed by atoms with van der Waals surface area (Å²) in [4.78, 5) is 16.9. The predicted molar refractivity (Wildman–Crippen MR) is 115 cm³/mol. The lowest BCUT2D eigenvalue weighted by Gasteiger charge is -2.34. The van der Waals surface area contributed by atoms with Crippen LogP contribution in [0.5, 0.6) is 0 Å². The van der Waals surface area contributed by atoms with Gasteiger partial charge in [0.25, 0.3) is 0 Å². The Balaban J connectivity index is 1.96. The van der Waals surface area contributed by atoms with E-state index >= 15 is 0 Å². The first-order valence-electron chi connectivity index (χ1n) is 10.7. The van der Waals surface area contributed by atoms with E-state index in [1.165, 1.54) is 6.42 Å². The summed E-state index contributed by atoms with van der Waals surface area (Å²) in [5.41, 5.74) is 2.85. The van der Waals surface area contributed by atoms with Crippen LogP contribution in [-0.4, -0.2) is 48.8 Å². The molecule has 1 fully saturated rings. The Labute approximate surface area is 173 Å².